The number of nitrogens with zero attached hydrogens (tertiary/aromatic N) is 3. The number of allylic oxidation sites excluding steroid dienone is 1. The minimum absolute atomic E-state index is 0.0153. The number of aryl methyl sites for hydroxylation is 1. The second kappa shape index (κ2) is 16.9. The van der Waals surface area contributed by atoms with Crippen LogP contribution in [-0.2, 0) is 14.4 Å². The number of amides is 3. The molecule has 2 aromatic rings. The van der Waals surface area contributed by atoms with Gasteiger partial charge in [0.1, 0.15) is 17.3 Å². The lowest BCUT2D eigenvalue weighted by Crippen LogP contribution is -2.31. The summed E-state index contributed by atoms with van der Waals surface area (Å²) in [5, 5.41) is 8.25. The van der Waals surface area contributed by atoms with E-state index in [2.05, 4.69) is 25.9 Å². The van der Waals surface area contributed by atoms with Crippen LogP contribution in [0.5, 0.6) is 5.75 Å². The highest BCUT2D eigenvalue weighted by Crippen LogP contribution is 2.37. The van der Waals surface area contributed by atoms with E-state index in [0.717, 1.165) is 41.6 Å². The minimum Gasteiger partial charge on any atom is -0.494 e. The molecule has 0 spiro atoms. The van der Waals surface area contributed by atoms with E-state index < -0.39 is 5.91 Å². The number of nitrogens with one attached hydrogen (secondary N) is 3. The number of rotatable bonds is 12. The number of aromatic nitrogens is 1. The van der Waals surface area contributed by atoms with Crippen molar-refractivity contribution in [2.75, 3.05) is 33.6 Å². The first-order chi connectivity index (χ1) is 21.0. The predicted molar refractivity (Wildman–Crippen MR) is 173 cm³/mol. The van der Waals surface area contributed by atoms with Crippen LogP contribution in [0.2, 0.25) is 0 Å². The van der Waals surface area contributed by atoms with Crippen molar-refractivity contribution in [1.82, 2.24) is 20.5 Å². The first-order valence-electron chi connectivity index (χ1n) is 13.9. The highest BCUT2D eigenvalue weighted by atomic mass is 16.5. The molecule has 1 fully saturated rings. The fourth-order valence-electron chi connectivity index (χ4n) is 3.84. The van der Waals surface area contributed by atoms with E-state index in [1.165, 1.54) is 24.2 Å². The number of likely N-dealkylation sites (N-methyl/N-ethyl adjacent to an activating group) is 2. The molecule has 13 heteroatoms. The first-order valence-corrected chi connectivity index (χ1v) is 13.9. The molecule has 1 heterocycles. The molecule has 0 bridgehead atoms. The van der Waals surface area contributed by atoms with Gasteiger partial charge in [0.05, 0.1) is 24.5 Å². The van der Waals surface area contributed by atoms with E-state index in [4.69, 9.17) is 21.9 Å². The molecule has 1 aliphatic rings. The van der Waals surface area contributed by atoms with Crippen LogP contribution < -0.4 is 37.9 Å². The maximum absolute atomic E-state index is 12.2. The van der Waals surface area contributed by atoms with Crippen LogP contribution in [0.1, 0.15) is 25.5 Å². The molecule has 1 unspecified atom stereocenters. The molecular weight excluding hydrogens is 562 g/mol. The zero-order valence-electron chi connectivity index (χ0n) is 26.0. The topological polar surface area (TPSA) is 203 Å². The smallest absolute Gasteiger partial charge is 0.269 e. The second-order valence-electron chi connectivity index (χ2n) is 9.97. The molecule has 9 N–H and O–H groups in total. The number of hydrogen-bond acceptors (Lipinski definition) is 10. The number of nitrogens with two attached hydrogens (primary N) is 3. The fourth-order valence-corrected chi connectivity index (χ4v) is 3.84. The number of carbonyl (C=O) groups is 3. The molecule has 1 aliphatic carbocycles. The quantitative estimate of drug-likeness (QED) is 0.0901. The van der Waals surface area contributed by atoms with Crippen molar-refractivity contribution in [3.8, 4) is 16.9 Å². The van der Waals surface area contributed by atoms with Crippen molar-refractivity contribution in [2.24, 2.45) is 28.1 Å². The van der Waals surface area contributed by atoms with E-state index in [1.54, 1.807) is 39.7 Å². The third-order valence-corrected chi connectivity index (χ3v) is 6.72. The molecule has 3 rings (SSSR count). The van der Waals surface area contributed by atoms with Gasteiger partial charge in [-0.05, 0) is 38.8 Å². The van der Waals surface area contributed by atoms with Crippen LogP contribution in [0.4, 0.5) is 5.69 Å². The van der Waals surface area contributed by atoms with E-state index in [-0.39, 0.29) is 35.1 Å². The van der Waals surface area contributed by atoms with Crippen LogP contribution in [-0.4, -0.2) is 68.6 Å². The van der Waals surface area contributed by atoms with Crippen molar-refractivity contribution in [3.63, 3.8) is 0 Å². The maximum atomic E-state index is 12.2. The molecule has 1 aromatic carbocycles. The Morgan fingerprint density at radius 3 is 2.43 bits per heavy atom. The summed E-state index contributed by atoms with van der Waals surface area (Å²) >= 11 is 0. The highest BCUT2D eigenvalue weighted by Gasteiger charge is 2.29. The Balaban J connectivity index is 0.000000477. The summed E-state index contributed by atoms with van der Waals surface area (Å²) in [6.45, 7) is 3.80. The van der Waals surface area contributed by atoms with Gasteiger partial charge in [-0.15, -0.1) is 0 Å². The minimum atomic E-state index is -0.497. The zero-order valence-corrected chi connectivity index (χ0v) is 26.0. The summed E-state index contributed by atoms with van der Waals surface area (Å²) in [5.74, 6) is -0.0482. The van der Waals surface area contributed by atoms with Crippen molar-refractivity contribution in [2.45, 2.75) is 32.7 Å². The number of pyridine rings is 1. The molecule has 3 amide bonds. The average Bonchev–Trinajstić information content (AvgIpc) is 3.88. The largest absolute Gasteiger partial charge is 0.494 e. The van der Waals surface area contributed by atoms with Crippen LogP contribution in [0, 0.1) is 12.8 Å². The Hall–Kier alpha value is -5.33. The monoisotopic (exact) mass is 605 g/mol. The van der Waals surface area contributed by atoms with Crippen LogP contribution in [0.15, 0.2) is 76.6 Å². The van der Waals surface area contributed by atoms with Gasteiger partial charge in [-0.25, -0.2) is 0 Å². The standard InChI is InChI=1S/C23H28N6O3.C8H15N3O/c1-13-7-8-15(12-27-13)16-5-4-6-17(21(16)32-3)28-18(20(25)23(31)26-2)11-19(24)29-22(30)14-9-10-14;1-7(11(3)6-12)8(4-9)5-10-2/h4-8,11-12,14,28H,9-10,24-25H2,1-3H3,(H,26,31)(H,29,30);4-7H,9H2,1-3H3/b19-11+,20-18+;8-4+,10-5?. The van der Waals surface area contributed by atoms with Crippen LogP contribution >= 0.6 is 0 Å². The Kier molecular flexibility index (Phi) is 13.4. The average molecular weight is 606 g/mol. The van der Waals surface area contributed by atoms with Crippen molar-refractivity contribution in [1.29, 1.82) is 0 Å². The Morgan fingerprint density at radius 2 is 1.91 bits per heavy atom. The van der Waals surface area contributed by atoms with Crippen LogP contribution in [0.25, 0.3) is 11.1 Å². The normalized spacial score (nSPS) is 14.4. The van der Waals surface area contributed by atoms with E-state index >= 15 is 0 Å². The van der Waals surface area contributed by atoms with Crippen LogP contribution in [0.3, 0.4) is 0 Å². The maximum Gasteiger partial charge on any atom is 0.269 e. The number of hydrogen-bond donors (Lipinski definition) is 6. The molecule has 13 nitrogen and oxygen atoms in total. The number of carbonyl (C=O) groups excluding carboxylic acids is 3. The zero-order chi connectivity index (χ0) is 32.8. The molecule has 1 aromatic heterocycles. The summed E-state index contributed by atoms with van der Waals surface area (Å²) in [4.78, 5) is 44.3. The summed E-state index contributed by atoms with van der Waals surface area (Å²) in [5.41, 5.74) is 21.5. The predicted octanol–water partition coefficient (Wildman–Crippen LogP) is 1.73. The molecule has 1 atom stereocenters. The third-order valence-electron chi connectivity index (χ3n) is 6.72. The van der Waals surface area contributed by atoms with Crippen molar-refractivity contribution < 1.29 is 19.1 Å². The summed E-state index contributed by atoms with van der Waals surface area (Å²) in [6, 6.07) is 9.36. The number of benzene rings is 1. The van der Waals surface area contributed by atoms with E-state index in [0.29, 0.717) is 11.4 Å². The Labute approximate surface area is 258 Å². The Morgan fingerprint density at radius 1 is 1.20 bits per heavy atom. The fraction of sp³-hybridized carbons (Fsp3) is 0.323. The van der Waals surface area contributed by atoms with E-state index in [9.17, 15) is 14.4 Å². The Bertz CT molecular complexity index is 1430. The summed E-state index contributed by atoms with van der Waals surface area (Å²) < 4.78 is 5.66. The molecule has 236 valence electrons. The number of aliphatic imine (C=N–C) groups is 1. The van der Waals surface area contributed by atoms with Gasteiger partial charge in [0.2, 0.25) is 12.3 Å². The lowest BCUT2D eigenvalue weighted by atomic mass is 10.0. The van der Waals surface area contributed by atoms with Gasteiger partial charge >= 0.3 is 0 Å². The second-order valence-corrected chi connectivity index (χ2v) is 9.97. The van der Waals surface area contributed by atoms with Crippen molar-refractivity contribution >= 4 is 30.1 Å². The van der Waals surface area contributed by atoms with Gasteiger partial charge in [0.15, 0.2) is 0 Å². The van der Waals surface area contributed by atoms with Gasteiger partial charge in [-0.1, -0.05) is 18.2 Å². The molecule has 1 saturated carbocycles. The highest BCUT2D eigenvalue weighted by molar-refractivity contribution is 5.94. The number of ether oxygens (including phenoxy) is 1. The molecule has 0 radical (unpaired) electrons. The number of methoxy groups -OCH3 is 1. The van der Waals surface area contributed by atoms with Gasteiger partial charge < -0.3 is 42.8 Å². The first kappa shape index (κ1) is 34.9. The summed E-state index contributed by atoms with van der Waals surface area (Å²) in [6.07, 6.45) is 8.74. The van der Waals surface area contributed by atoms with Gasteiger partial charge in [-0.3, -0.25) is 24.4 Å². The number of anilines is 1. The molecule has 0 saturated heterocycles. The van der Waals surface area contributed by atoms with E-state index in [1.807, 2.05) is 38.1 Å². The lowest BCUT2D eigenvalue weighted by Gasteiger charge is -2.20. The third kappa shape index (κ3) is 9.89. The molecular formula is C31H43N9O4. The van der Waals surface area contributed by atoms with Crippen molar-refractivity contribution in [3.05, 3.63) is 77.3 Å². The SMILES string of the molecule is CN=C/C(=C\N)C(C)N(C)C=O.CNC(=O)/C(N)=C(/C=C(\N)NC(=O)C1CC1)Nc1cccc(-c2ccc(C)nc2)c1OC. The van der Waals surface area contributed by atoms with Gasteiger partial charge in [-0.2, -0.15) is 0 Å². The molecule has 0 aliphatic heterocycles. The number of para-hydroxylation sites is 1. The molecule has 44 heavy (non-hydrogen) atoms. The van der Waals surface area contributed by atoms with Gasteiger partial charge in [0, 0.05) is 74.1 Å². The lowest BCUT2D eigenvalue weighted by molar-refractivity contribution is -0.121. The summed E-state index contributed by atoms with van der Waals surface area (Å²) in [7, 11) is 6.39. The van der Waals surface area contributed by atoms with Gasteiger partial charge in [0.25, 0.3) is 5.91 Å².